The second kappa shape index (κ2) is 15.4. The average Bonchev–Trinajstić information content (AvgIpc) is 3.26. The Hall–Kier alpha value is -6.18. The van der Waals surface area contributed by atoms with Crippen LogP contribution < -0.4 is 46.6 Å². The van der Waals surface area contributed by atoms with Crippen molar-refractivity contribution < 1.29 is 27.3 Å². The van der Waals surface area contributed by atoms with Crippen LogP contribution in [0.3, 0.4) is 0 Å². The largest absolute Gasteiger partial charge is 0.439 e. The van der Waals surface area contributed by atoms with E-state index < -0.39 is 39.2 Å². The SMILES string of the molecule is C.O=c1n(CCP2(=O)Oc3ccccc3-c3ccccc32)c(=O)n(CCP2(=O)Oc3ccccc3-c3ccccc32)c(=O)n1CCP1(=O)Oc2ccccc2-c2ccccc21. The second-order valence-electron chi connectivity index (χ2n) is 14.8. The van der Waals surface area contributed by atoms with Gasteiger partial charge in [-0.25, -0.2) is 28.1 Å². The molecule has 61 heavy (non-hydrogen) atoms. The van der Waals surface area contributed by atoms with E-state index in [0.717, 1.165) is 47.1 Å². The van der Waals surface area contributed by atoms with Crippen LogP contribution in [0.5, 0.6) is 17.2 Å². The zero-order chi connectivity index (χ0) is 41.2. The number of rotatable bonds is 9. The molecule has 0 saturated heterocycles. The first-order valence-corrected chi connectivity index (χ1v) is 24.9. The molecule has 0 radical (unpaired) electrons. The number of hydrogen-bond donors (Lipinski definition) is 0. The summed E-state index contributed by atoms with van der Waals surface area (Å²) >= 11 is 0. The molecule has 6 aromatic carbocycles. The summed E-state index contributed by atoms with van der Waals surface area (Å²) in [5.74, 6) is 1.23. The summed E-state index contributed by atoms with van der Waals surface area (Å²) in [6.45, 7) is -1.17. The summed E-state index contributed by atoms with van der Waals surface area (Å²) in [6.07, 6.45) is -0.782. The van der Waals surface area contributed by atoms with Gasteiger partial charge in [0, 0.05) is 36.3 Å². The Kier molecular flexibility index (Phi) is 10.1. The van der Waals surface area contributed by atoms with Crippen molar-refractivity contribution >= 4 is 38.0 Å². The van der Waals surface area contributed by atoms with Crippen molar-refractivity contribution in [1.29, 1.82) is 0 Å². The minimum absolute atomic E-state index is 0. The third-order valence-corrected chi connectivity index (χ3v) is 18.5. The van der Waals surface area contributed by atoms with Gasteiger partial charge in [0.2, 0.25) is 0 Å². The van der Waals surface area contributed by atoms with E-state index >= 15 is 0 Å². The Morgan fingerprint density at radius 2 is 0.574 bits per heavy atom. The van der Waals surface area contributed by atoms with Gasteiger partial charge in [0.05, 0.1) is 34.4 Å². The van der Waals surface area contributed by atoms with Crippen LogP contribution in [0.2, 0.25) is 0 Å². The van der Waals surface area contributed by atoms with Crippen LogP contribution in [-0.2, 0) is 33.3 Å². The molecule has 3 unspecified atom stereocenters. The number of para-hydroxylation sites is 3. The highest BCUT2D eigenvalue weighted by Gasteiger charge is 2.39. The minimum atomic E-state index is -3.74. The van der Waals surface area contributed by atoms with Crippen LogP contribution in [0, 0.1) is 0 Å². The molecule has 0 amide bonds. The molecular formula is C46H40N3O9P3. The van der Waals surface area contributed by atoms with Gasteiger partial charge in [0.25, 0.3) is 22.1 Å². The maximum absolute atomic E-state index is 14.8. The molecule has 3 aliphatic heterocycles. The fraction of sp³-hybridized carbons (Fsp3) is 0.152. The Balaban J connectivity index is 0.00000476. The molecule has 1 aromatic heterocycles. The van der Waals surface area contributed by atoms with E-state index in [1.165, 1.54) is 0 Å². The van der Waals surface area contributed by atoms with E-state index in [2.05, 4.69) is 0 Å². The van der Waals surface area contributed by atoms with E-state index in [1.54, 1.807) is 72.8 Å². The van der Waals surface area contributed by atoms with Crippen LogP contribution in [0.15, 0.2) is 160 Å². The third kappa shape index (κ3) is 6.70. The van der Waals surface area contributed by atoms with Crippen molar-refractivity contribution in [3.8, 4) is 50.6 Å². The van der Waals surface area contributed by atoms with Gasteiger partial charge in [-0.15, -0.1) is 0 Å². The molecule has 4 heterocycles. The van der Waals surface area contributed by atoms with Gasteiger partial charge in [0.1, 0.15) is 17.2 Å². The Labute approximate surface area is 351 Å². The number of hydrogen-bond acceptors (Lipinski definition) is 9. The molecule has 0 fully saturated rings. The molecule has 0 N–H and O–H groups in total. The Morgan fingerprint density at radius 1 is 0.344 bits per heavy atom. The number of benzene rings is 6. The predicted molar refractivity (Wildman–Crippen MR) is 240 cm³/mol. The normalized spacial score (nSPS) is 20.1. The predicted octanol–water partition coefficient (Wildman–Crippen LogP) is 7.80. The van der Waals surface area contributed by atoms with Gasteiger partial charge in [-0.1, -0.05) is 117 Å². The van der Waals surface area contributed by atoms with Gasteiger partial charge < -0.3 is 13.6 Å². The van der Waals surface area contributed by atoms with Gasteiger partial charge >= 0.3 is 17.1 Å². The highest BCUT2D eigenvalue weighted by Crippen LogP contribution is 2.56. The highest BCUT2D eigenvalue weighted by molar-refractivity contribution is 7.68. The summed E-state index contributed by atoms with van der Waals surface area (Å²) in [7, 11) is -11.2. The lowest BCUT2D eigenvalue weighted by molar-refractivity contribution is 0.446. The van der Waals surface area contributed by atoms with Crippen LogP contribution in [-0.4, -0.2) is 32.2 Å². The molecule has 3 atom stereocenters. The van der Waals surface area contributed by atoms with Crippen molar-refractivity contribution in [3.63, 3.8) is 0 Å². The first-order valence-electron chi connectivity index (χ1n) is 19.4. The smallest absolute Gasteiger partial charge is 0.336 e. The van der Waals surface area contributed by atoms with Gasteiger partial charge in [0.15, 0.2) is 0 Å². The van der Waals surface area contributed by atoms with Crippen molar-refractivity contribution in [1.82, 2.24) is 13.7 Å². The van der Waals surface area contributed by atoms with E-state index in [0.29, 0.717) is 33.2 Å². The summed E-state index contributed by atoms with van der Waals surface area (Å²) in [5.41, 5.74) is 1.52. The molecule has 12 nitrogen and oxygen atoms in total. The lowest BCUT2D eigenvalue weighted by atomic mass is 10.0. The number of fused-ring (bicyclic) bond motifs is 9. The number of nitrogens with zero attached hydrogens (tertiary/aromatic N) is 3. The van der Waals surface area contributed by atoms with Crippen molar-refractivity contribution in [2.24, 2.45) is 0 Å². The van der Waals surface area contributed by atoms with Gasteiger partial charge in [-0.05, 0) is 53.1 Å². The lowest BCUT2D eigenvalue weighted by Gasteiger charge is -2.29. The monoisotopic (exact) mass is 871 g/mol. The zero-order valence-electron chi connectivity index (χ0n) is 32.0. The van der Waals surface area contributed by atoms with Crippen molar-refractivity contribution in [3.05, 3.63) is 177 Å². The molecule has 10 rings (SSSR count). The van der Waals surface area contributed by atoms with E-state index in [4.69, 9.17) is 13.6 Å². The molecule has 0 bridgehead atoms. The summed E-state index contributed by atoms with van der Waals surface area (Å²) in [5, 5.41) is 1.34. The highest BCUT2D eigenvalue weighted by atomic mass is 31.2. The van der Waals surface area contributed by atoms with Crippen LogP contribution >= 0.6 is 22.1 Å². The Bertz CT molecular complexity index is 2870. The Morgan fingerprint density at radius 3 is 0.852 bits per heavy atom. The quantitative estimate of drug-likeness (QED) is 0.133. The number of aromatic nitrogens is 3. The molecule has 3 aliphatic rings. The molecule has 7 aromatic rings. The van der Waals surface area contributed by atoms with Crippen molar-refractivity contribution in [2.75, 3.05) is 18.5 Å². The topological polar surface area (TPSA) is 145 Å². The minimum Gasteiger partial charge on any atom is -0.439 e. The molecular weight excluding hydrogens is 831 g/mol. The first kappa shape index (κ1) is 40.2. The maximum atomic E-state index is 14.8. The lowest BCUT2D eigenvalue weighted by Crippen LogP contribution is -2.55. The van der Waals surface area contributed by atoms with Crippen LogP contribution in [0.1, 0.15) is 7.43 Å². The molecule has 15 heteroatoms. The van der Waals surface area contributed by atoms with E-state index in [1.807, 2.05) is 72.8 Å². The summed E-state index contributed by atoms with van der Waals surface area (Å²) in [6, 6.07) is 43.1. The third-order valence-electron chi connectivity index (χ3n) is 11.3. The standard InChI is InChI=1S/C45H36N3O9P3.CH4/c49-43-46(25-28-58(52)40-22-10-4-16-34(40)31-13-1-7-19-37(31)55-58)44(50)48(27-30-60(54)42-24-12-6-18-36(42)33-15-3-9-21-39(33)57-60)45(51)47(43)26-29-59(53)41-23-11-5-17-35(41)32-14-2-8-20-38(32)56-59;/h1-24H,25-30H2;1H4. The summed E-state index contributed by atoms with van der Waals surface area (Å²) < 4.78 is 65.6. The first-order chi connectivity index (χ1) is 29.1. The van der Waals surface area contributed by atoms with E-state index in [-0.39, 0.29) is 45.5 Å². The fourth-order valence-electron chi connectivity index (χ4n) is 8.38. The second-order valence-corrected chi connectivity index (χ2v) is 22.2. The fourth-order valence-corrected chi connectivity index (χ4v) is 15.1. The van der Waals surface area contributed by atoms with Gasteiger partial charge in [-0.3, -0.25) is 13.7 Å². The van der Waals surface area contributed by atoms with Crippen LogP contribution in [0.4, 0.5) is 0 Å². The van der Waals surface area contributed by atoms with Gasteiger partial charge in [-0.2, -0.15) is 0 Å². The maximum Gasteiger partial charge on any atom is 0.336 e. The summed E-state index contributed by atoms with van der Waals surface area (Å²) in [4.78, 5) is 43.3. The molecule has 0 spiro atoms. The van der Waals surface area contributed by atoms with Crippen LogP contribution in [0.25, 0.3) is 33.4 Å². The zero-order valence-corrected chi connectivity index (χ0v) is 34.6. The molecule has 0 aliphatic carbocycles. The average molecular weight is 872 g/mol. The molecule has 308 valence electrons. The van der Waals surface area contributed by atoms with Crippen molar-refractivity contribution in [2.45, 2.75) is 27.1 Å². The molecule has 0 saturated carbocycles. The van der Waals surface area contributed by atoms with E-state index in [9.17, 15) is 28.1 Å².